The molecule has 3 nitrogen and oxygen atoms in total. The molecule has 0 amide bonds. The summed E-state index contributed by atoms with van der Waals surface area (Å²) in [6, 6.07) is 4.82. The summed E-state index contributed by atoms with van der Waals surface area (Å²) < 4.78 is 43.9. The maximum absolute atomic E-state index is 12.8. The second kappa shape index (κ2) is 6.56. The van der Waals surface area contributed by atoms with Gasteiger partial charge in [-0.1, -0.05) is 19.1 Å². The molecule has 0 aliphatic heterocycles. The Kier molecular flexibility index (Phi) is 4.95. The Hall–Kier alpha value is -1.76. The van der Waals surface area contributed by atoms with Crippen molar-refractivity contribution in [3.63, 3.8) is 0 Å². The van der Waals surface area contributed by atoms with Gasteiger partial charge in [0.25, 0.3) is 0 Å². The van der Waals surface area contributed by atoms with E-state index in [4.69, 9.17) is 4.42 Å². The van der Waals surface area contributed by atoms with Gasteiger partial charge in [-0.3, -0.25) is 0 Å². The normalized spacial score (nSPS) is 11.7. The van der Waals surface area contributed by atoms with Crippen molar-refractivity contribution in [2.45, 2.75) is 20.0 Å². The Labute approximate surface area is 130 Å². The third kappa shape index (κ3) is 3.52. The molecule has 1 heterocycles. The highest BCUT2D eigenvalue weighted by molar-refractivity contribution is 7.99. The third-order valence-corrected chi connectivity index (χ3v) is 3.83. The molecule has 0 aliphatic carbocycles. The van der Waals surface area contributed by atoms with Crippen molar-refractivity contribution < 1.29 is 22.7 Å². The second-order valence-electron chi connectivity index (χ2n) is 4.60. The topological polar surface area (TPSA) is 45.4 Å². The summed E-state index contributed by atoms with van der Waals surface area (Å²) in [5, 5.41) is 13.1. The van der Waals surface area contributed by atoms with Crippen LogP contribution in [-0.4, -0.2) is 16.7 Å². The van der Waals surface area contributed by atoms with Crippen molar-refractivity contribution in [2.24, 2.45) is 0 Å². The van der Waals surface area contributed by atoms with Gasteiger partial charge >= 0.3 is 6.18 Å². The fourth-order valence-electron chi connectivity index (χ4n) is 2.00. The van der Waals surface area contributed by atoms with Crippen LogP contribution >= 0.6 is 11.8 Å². The zero-order chi connectivity index (χ0) is 16.3. The number of benzene rings is 1. The van der Waals surface area contributed by atoms with E-state index in [1.807, 2.05) is 6.92 Å². The average Bonchev–Trinajstić information content (AvgIpc) is 2.74. The number of aryl methyl sites for hydroxylation is 1. The maximum atomic E-state index is 12.8. The van der Waals surface area contributed by atoms with Gasteiger partial charge in [-0.05, 0) is 30.4 Å². The molecule has 120 valence electrons. The predicted octanol–water partition coefficient (Wildman–Crippen LogP) is 5.10. The molecule has 0 bridgehead atoms. The van der Waals surface area contributed by atoms with Crippen LogP contribution in [0.2, 0.25) is 0 Å². The molecule has 0 unspecified atom stereocenters. The van der Waals surface area contributed by atoms with Gasteiger partial charge in [0.1, 0.15) is 5.76 Å². The van der Waals surface area contributed by atoms with Crippen LogP contribution in [0.4, 0.5) is 19.1 Å². The zero-order valence-corrected chi connectivity index (χ0v) is 12.9. The van der Waals surface area contributed by atoms with Gasteiger partial charge in [0.05, 0.1) is 17.0 Å². The highest BCUT2D eigenvalue weighted by Gasteiger charge is 2.31. The van der Waals surface area contributed by atoms with E-state index in [0.717, 1.165) is 17.9 Å². The highest BCUT2D eigenvalue weighted by Crippen LogP contribution is 2.43. The van der Waals surface area contributed by atoms with E-state index in [1.54, 1.807) is 18.7 Å². The minimum atomic E-state index is -4.43. The molecule has 2 aromatic rings. The van der Waals surface area contributed by atoms with Gasteiger partial charge < -0.3 is 14.8 Å². The number of aromatic hydroxyl groups is 1. The number of furan rings is 1. The SMILES string of the molecule is CCSCNc1oc(C)c(O)c1-c1cccc(C(F)(F)F)c1. The molecule has 7 heteroatoms. The summed E-state index contributed by atoms with van der Waals surface area (Å²) in [5.41, 5.74) is -0.259. The number of thioether (sulfide) groups is 1. The number of rotatable bonds is 5. The second-order valence-corrected chi connectivity index (χ2v) is 5.88. The van der Waals surface area contributed by atoms with Gasteiger partial charge in [-0.15, -0.1) is 11.8 Å². The van der Waals surface area contributed by atoms with Crippen molar-refractivity contribution in [1.82, 2.24) is 0 Å². The van der Waals surface area contributed by atoms with E-state index in [0.29, 0.717) is 5.88 Å². The molecule has 2 rings (SSSR count). The zero-order valence-electron chi connectivity index (χ0n) is 12.1. The molecule has 2 N–H and O–H groups in total. The number of alkyl halides is 3. The van der Waals surface area contributed by atoms with E-state index < -0.39 is 11.7 Å². The monoisotopic (exact) mass is 331 g/mol. The quantitative estimate of drug-likeness (QED) is 0.591. The van der Waals surface area contributed by atoms with E-state index in [9.17, 15) is 18.3 Å². The summed E-state index contributed by atoms with van der Waals surface area (Å²) >= 11 is 1.60. The number of halogens is 3. The van der Waals surface area contributed by atoms with Crippen molar-refractivity contribution in [3.05, 3.63) is 35.6 Å². The number of hydrogen-bond acceptors (Lipinski definition) is 4. The summed E-state index contributed by atoms with van der Waals surface area (Å²) in [4.78, 5) is 0. The van der Waals surface area contributed by atoms with Crippen molar-refractivity contribution in [2.75, 3.05) is 16.9 Å². The molecule has 0 radical (unpaired) electrons. The Morgan fingerprint density at radius 2 is 2.05 bits per heavy atom. The molecule has 0 spiro atoms. The van der Waals surface area contributed by atoms with Crippen LogP contribution in [0.1, 0.15) is 18.2 Å². The lowest BCUT2D eigenvalue weighted by molar-refractivity contribution is -0.137. The van der Waals surface area contributed by atoms with Crippen molar-refractivity contribution in [3.8, 4) is 16.9 Å². The summed E-state index contributed by atoms with van der Waals surface area (Å²) in [6.45, 7) is 3.55. The van der Waals surface area contributed by atoms with E-state index in [1.165, 1.54) is 12.1 Å². The first kappa shape index (κ1) is 16.6. The van der Waals surface area contributed by atoms with Crippen LogP contribution in [0.3, 0.4) is 0 Å². The summed E-state index contributed by atoms with van der Waals surface area (Å²) in [5.74, 6) is 1.81. The molecular formula is C15H16F3NO2S. The lowest BCUT2D eigenvalue weighted by atomic mass is 10.0. The first-order valence-electron chi connectivity index (χ1n) is 6.66. The van der Waals surface area contributed by atoms with Gasteiger partial charge in [0.2, 0.25) is 5.88 Å². The predicted molar refractivity (Wildman–Crippen MR) is 82.2 cm³/mol. The molecule has 0 fully saturated rings. The molecule has 0 atom stereocenters. The van der Waals surface area contributed by atoms with Gasteiger partial charge in [-0.25, -0.2) is 0 Å². The van der Waals surface area contributed by atoms with Crippen LogP contribution in [0.15, 0.2) is 28.7 Å². The highest BCUT2D eigenvalue weighted by atomic mass is 32.2. The lowest BCUT2D eigenvalue weighted by Gasteiger charge is -2.10. The average molecular weight is 331 g/mol. The van der Waals surface area contributed by atoms with Crippen molar-refractivity contribution in [1.29, 1.82) is 0 Å². The largest absolute Gasteiger partial charge is 0.504 e. The fraction of sp³-hybridized carbons (Fsp3) is 0.333. The van der Waals surface area contributed by atoms with Crippen LogP contribution in [-0.2, 0) is 6.18 Å². The Morgan fingerprint density at radius 3 is 2.68 bits per heavy atom. The first-order valence-corrected chi connectivity index (χ1v) is 7.81. The number of hydrogen-bond donors (Lipinski definition) is 2. The number of anilines is 1. The molecule has 0 saturated carbocycles. The Morgan fingerprint density at radius 1 is 1.32 bits per heavy atom. The van der Waals surface area contributed by atoms with E-state index in [2.05, 4.69) is 5.32 Å². The summed E-state index contributed by atoms with van der Waals surface area (Å²) in [6.07, 6.45) is -4.43. The van der Waals surface area contributed by atoms with E-state index >= 15 is 0 Å². The van der Waals surface area contributed by atoms with Crippen LogP contribution in [0, 0.1) is 6.92 Å². The van der Waals surface area contributed by atoms with Crippen LogP contribution < -0.4 is 5.32 Å². The van der Waals surface area contributed by atoms with Crippen LogP contribution in [0.25, 0.3) is 11.1 Å². The molecule has 1 aromatic carbocycles. The molecule has 1 aromatic heterocycles. The van der Waals surface area contributed by atoms with Gasteiger partial charge in [-0.2, -0.15) is 13.2 Å². The molecule has 0 aliphatic rings. The molecule has 0 saturated heterocycles. The minimum absolute atomic E-state index is 0.150. The first-order chi connectivity index (χ1) is 10.3. The van der Waals surface area contributed by atoms with Gasteiger partial charge in [0, 0.05) is 0 Å². The van der Waals surface area contributed by atoms with Crippen molar-refractivity contribution >= 4 is 17.6 Å². The Balaban J connectivity index is 2.43. The Bertz CT molecular complexity index is 653. The standard InChI is InChI=1S/C15H16F3NO2S/c1-3-22-8-19-14-12(13(20)9(2)21-14)10-5-4-6-11(7-10)15(16,17)18/h4-7,19-20H,3,8H2,1-2H3. The smallest absolute Gasteiger partial charge is 0.416 e. The van der Waals surface area contributed by atoms with E-state index in [-0.39, 0.29) is 28.5 Å². The third-order valence-electron chi connectivity index (χ3n) is 3.07. The van der Waals surface area contributed by atoms with Gasteiger partial charge in [0.15, 0.2) is 5.75 Å². The minimum Gasteiger partial charge on any atom is -0.504 e. The molecular weight excluding hydrogens is 315 g/mol. The number of nitrogens with one attached hydrogen (secondary N) is 1. The van der Waals surface area contributed by atoms with Crippen LogP contribution in [0.5, 0.6) is 5.75 Å². The summed E-state index contributed by atoms with van der Waals surface area (Å²) in [7, 11) is 0. The fourth-order valence-corrected chi connectivity index (χ4v) is 2.44. The molecule has 22 heavy (non-hydrogen) atoms. The maximum Gasteiger partial charge on any atom is 0.416 e. The lowest BCUT2D eigenvalue weighted by Crippen LogP contribution is -2.04.